The maximum Gasteiger partial charge on any atom is 0.251 e. The Morgan fingerprint density at radius 1 is 1.28 bits per heavy atom. The highest BCUT2D eigenvalue weighted by molar-refractivity contribution is 5.93. The van der Waals surface area contributed by atoms with Crippen LogP contribution in [0.2, 0.25) is 0 Å². The summed E-state index contributed by atoms with van der Waals surface area (Å²) in [5.41, 5.74) is 2.01. The van der Waals surface area contributed by atoms with Crippen LogP contribution in [-0.4, -0.2) is 10.9 Å². The molecule has 0 aliphatic heterocycles. The summed E-state index contributed by atoms with van der Waals surface area (Å²) in [5, 5.41) is 2.77. The van der Waals surface area contributed by atoms with Crippen LogP contribution in [0.4, 0.5) is 4.39 Å². The highest BCUT2D eigenvalue weighted by Crippen LogP contribution is 2.09. The second kappa shape index (κ2) is 5.40. The first-order chi connectivity index (χ1) is 8.66. The summed E-state index contributed by atoms with van der Waals surface area (Å²) in [7, 11) is 0. The number of hydrogen-bond acceptors (Lipinski definition) is 2. The predicted molar refractivity (Wildman–Crippen MR) is 66.5 cm³/mol. The average molecular weight is 244 g/mol. The standard InChI is InChI=1S/C14H13FN2O/c1-10-8-11(2-3-13(10)15)9-17-14(18)12-4-6-16-7-5-12/h2-8H,9H2,1H3,(H,17,18). The number of rotatable bonds is 3. The zero-order valence-electron chi connectivity index (χ0n) is 9.98. The van der Waals surface area contributed by atoms with E-state index in [0.29, 0.717) is 17.7 Å². The van der Waals surface area contributed by atoms with Crippen molar-refractivity contribution in [1.82, 2.24) is 10.3 Å². The Bertz CT molecular complexity index is 555. The monoisotopic (exact) mass is 244 g/mol. The van der Waals surface area contributed by atoms with Crippen molar-refractivity contribution >= 4 is 5.91 Å². The average Bonchev–Trinajstić information content (AvgIpc) is 2.41. The van der Waals surface area contributed by atoms with Crippen molar-refractivity contribution in [1.29, 1.82) is 0 Å². The summed E-state index contributed by atoms with van der Waals surface area (Å²) in [4.78, 5) is 15.6. The van der Waals surface area contributed by atoms with Crippen LogP contribution in [0.3, 0.4) is 0 Å². The Hall–Kier alpha value is -2.23. The van der Waals surface area contributed by atoms with Crippen molar-refractivity contribution in [2.24, 2.45) is 0 Å². The Morgan fingerprint density at radius 2 is 2.00 bits per heavy atom. The summed E-state index contributed by atoms with van der Waals surface area (Å²) in [5.74, 6) is -0.404. The van der Waals surface area contributed by atoms with Gasteiger partial charge in [0.05, 0.1) is 0 Å². The van der Waals surface area contributed by atoms with Crippen LogP contribution in [0.5, 0.6) is 0 Å². The van der Waals surface area contributed by atoms with Gasteiger partial charge in [-0.15, -0.1) is 0 Å². The van der Waals surface area contributed by atoms with Crippen LogP contribution in [0.15, 0.2) is 42.7 Å². The molecular formula is C14H13FN2O. The summed E-state index contributed by atoms with van der Waals surface area (Å²) < 4.78 is 13.1. The number of carbonyl (C=O) groups excluding carboxylic acids is 1. The van der Waals surface area contributed by atoms with Crippen molar-refractivity contribution in [3.8, 4) is 0 Å². The molecule has 0 radical (unpaired) electrons. The lowest BCUT2D eigenvalue weighted by Crippen LogP contribution is -2.22. The zero-order chi connectivity index (χ0) is 13.0. The predicted octanol–water partition coefficient (Wildman–Crippen LogP) is 2.46. The summed E-state index contributed by atoms with van der Waals surface area (Å²) >= 11 is 0. The molecule has 4 heteroatoms. The quantitative estimate of drug-likeness (QED) is 0.901. The number of nitrogens with zero attached hydrogens (tertiary/aromatic N) is 1. The van der Waals surface area contributed by atoms with Gasteiger partial charge in [-0.05, 0) is 36.2 Å². The molecule has 0 unspecified atom stereocenters. The van der Waals surface area contributed by atoms with E-state index in [2.05, 4.69) is 10.3 Å². The van der Waals surface area contributed by atoms with E-state index in [1.165, 1.54) is 6.07 Å². The van der Waals surface area contributed by atoms with Crippen LogP contribution >= 0.6 is 0 Å². The van der Waals surface area contributed by atoms with Crippen LogP contribution in [0.25, 0.3) is 0 Å². The molecule has 3 nitrogen and oxygen atoms in total. The highest BCUT2D eigenvalue weighted by atomic mass is 19.1. The molecule has 0 spiro atoms. The van der Waals surface area contributed by atoms with Crippen LogP contribution in [-0.2, 0) is 6.54 Å². The lowest BCUT2D eigenvalue weighted by Gasteiger charge is -2.06. The van der Waals surface area contributed by atoms with Gasteiger partial charge >= 0.3 is 0 Å². The lowest BCUT2D eigenvalue weighted by atomic mass is 10.1. The number of aryl methyl sites for hydroxylation is 1. The van der Waals surface area contributed by atoms with Gasteiger partial charge in [0.25, 0.3) is 5.91 Å². The van der Waals surface area contributed by atoms with Crippen LogP contribution in [0.1, 0.15) is 21.5 Å². The SMILES string of the molecule is Cc1cc(CNC(=O)c2ccncc2)ccc1F. The third-order valence-corrected chi connectivity index (χ3v) is 2.62. The molecule has 0 saturated heterocycles. The molecule has 0 saturated carbocycles. The largest absolute Gasteiger partial charge is 0.348 e. The number of carbonyl (C=O) groups is 1. The van der Waals surface area contributed by atoms with E-state index in [1.54, 1.807) is 43.6 Å². The van der Waals surface area contributed by atoms with E-state index in [4.69, 9.17) is 0 Å². The van der Waals surface area contributed by atoms with Gasteiger partial charge in [0.15, 0.2) is 0 Å². The molecule has 1 aromatic carbocycles. The fourth-order valence-electron chi connectivity index (χ4n) is 1.60. The van der Waals surface area contributed by atoms with Gasteiger partial charge < -0.3 is 5.32 Å². The number of halogens is 1. The molecule has 0 aliphatic rings. The number of amides is 1. The normalized spacial score (nSPS) is 10.1. The van der Waals surface area contributed by atoms with Crippen molar-refractivity contribution in [3.63, 3.8) is 0 Å². The molecule has 92 valence electrons. The van der Waals surface area contributed by atoms with Gasteiger partial charge in [-0.2, -0.15) is 0 Å². The number of pyridine rings is 1. The lowest BCUT2D eigenvalue weighted by molar-refractivity contribution is 0.0951. The Kier molecular flexibility index (Phi) is 3.67. The van der Waals surface area contributed by atoms with Gasteiger partial charge in [-0.25, -0.2) is 4.39 Å². The molecular weight excluding hydrogens is 231 g/mol. The minimum Gasteiger partial charge on any atom is -0.348 e. The third-order valence-electron chi connectivity index (χ3n) is 2.62. The molecule has 0 aliphatic carbocycles. The summed E-state index contributed by atoms with van der Waals surface area (Å²) in [6, 6.07) is 8.08. The minimum absolute atomic E-state index is 0.167. The van der Waals surface area contributed by atoms with Crippen LogP contribution in [0, 0.1) is 12.7 Å². The van der Waals surface area contributed by atoms with E-state index < -0.39 is 0 Å². The van der Waals surface area contributed by atoms with Crippen LogP contribution < -0.4 is 5.32 Å². The molecule has 1 heterocycles. The number of aromatic nitrogens is 1. The summed E-state index contributed by atoms with van der Waals surface area (Å²) in [6.07, 6.45) is 3.13. The van der Waals surface area contributed by atoms with E-state index in [1.807, 2.05) is 0 Å². The zero-order valence-corrected chi connectivity index (χ0v) is 9.98. The molecule has 2 aromatic rings. The maximum atomic E-state index is 13.1. The first kappa shape index (κ1) is 12.2. The van der Waals surface area contributed by atoms with Gasteiger partial charge in [0.2, 0.25) is 0 Å². The maximum absolute atomic E-state index is 13.1. The summed E-state index contributed by atoms with van der Waals surface area (Å²) in [6.45, 7) is 2.08. The van der Waals surface area contributed by atoms with E-state index in [9.17, 15) is 9.18 Å². The molecule has 1 aromatic heterocycles. The van der Waals surface area contributed by atoms with Crippen molar-refractivity contribution < 1.29 is 9.18 Å². The molecule has 1 amide bonds. The highest BCUT2D eigenvalue weighted by Gasteiger charge is 2.05. The van der Waals surface area contributed by atoms with Gasteiger partial charge in [0.1, 0.15) is 5.82 Å². The van der Waals surface area contributed by atoms with E-state index in [0.717, 1.165) is 5.56 Å². The number of hydrogen-bond donors (Lipinski definition) is 1. The molecule has 1 N–H and O–H groups in total. The van der Waals surface area contributed by atoms with Crippen molar-refractivity contribution in [3.05, 3.63) is 65.2 Å². The second-order valence-electron chi connectivity index (χ2n) is 4.00. The van der Waals surface area contributed by atoms with E-state index in [-0.39, 0.29) is 11.7 Å². The Morgan fingerprint density at radius 3 is 2.67 bits per heavy atom. The van der Waals surface area contributed by atoms with Gasteiger partial charge in [-0.1, -0.05) is 12.1 Å². The second-order valence-corrected chi connectivity index (χ2v) is 4.00. The van der Waals surface area contributed by atoms with Gasteiger partial charge in [0, 0.05) is 24.5 Å². The topological polar surface area (TPSA) is 42.0 Å². The first-order valence-corrected chi connectivity index (χ1v) is 5.60. The third kappa shape index (κ3) is 2.91. The minimum atomic E-state index is -0.237. The molecule has 18 heavy (non-hydrogen) atoms. The number of nitrogens with one attached hydrogen (secondary N) is 1. The first-order valence-electron chi connectivity index (χ1n) is 5.60. The number of benzene rings is 1. The van der Waals surface area contributed by atoms with E-state index >= 15 is 0 Å². The molecule has 0 fully saturated rings. The Balaban J connectivity index is 1.99. The fraction of sp³-hybridized carbons (Fsp3) is 0.143. The molecule has 0 bridgehead atoms. The molecule has 2 rings (SSSR count). The van der Waals surface area contributed by atoms with Crippen molar-refractivity contribution in [2.45, 2.75) is 13.5 Å². The smallest absolute Gasteiger partial charge is 0.251 e. The van der Waals surface area contributed by atoms with Crippen molar-refractivity contribution in [2.75, 3.05) is 0 Å². The molecule has 0 atom stereocenters. The fourth-order valence-corrected chi connectivity index (χ4v) is 1.60. The van der Waals surface area contributed by atoms with Gasteiger partial charge in [-0.3, -0.25) is 9.78 Å². The Labute approximate surface area is 105 Å².